The molecule has 1 aromatic carbocycles. The van der Waals surface area contributed by atoms with Crippen LogP contribution in [0.5, 0.6) is 0 Å². The molecule has 3 heterocycles. The summed E-state index contributed by atoms with van der Waals surface area (Å²) >= 11 is 7.53. The summed E-state index contributed by atoms with van der Waals surface area (Å²) in [6.07, 6.45) is 1.50. The first-order valence-electron chi connectivity index (χ1n) is 6.93. The molecule has 0 N–H and O–H groups in total. The molecule has 0 aliphatic heterocycles. The smallest absolute Gasteiger partial charge is 0.350 e. The van der Waals surface area contributed by atoms with Gasteiger partial charge in [0.25, 0.3) is 11.8 Å². The number of hydrogen-bond acceptors (Lipinski definition) is 7. The molecular formula is C16H9ClN2O4S. The van der Waals surface area contributed by atoms with Crippen molar-refractivity contribution < 1.29 is 18.4 Å². The molecule has 120 valence electrons. The van der Waals surface area contributed by atoms with Crippen molar-refractivity contribution in [3.8, 4) is 11.7 Å². The predicted octanol–water partition coefficient (Wildman–Crippen LogP) is 4.55. The quantitative estimate of drug-likeness (QED) is 0.496. The van der Waals surface area contributed by atoms with E-state index in [9.17, 15) is 4.79 Å². The van der Waals surface area contributed by atoms with E-state index in [4.69, 9.17) is 25.2 Å². The molecule has 3 aromatic heterocycles. The Kier molecular flexibility index (Phi) is 3.79. The zero-order valence-electron chi connectivity index (χ0n) is 12.1. The summed E-state index contributed by atoms with van der Waals surface area (Å²) in [7, 11) is 0. The van der Waals surface area contributed by atoms with Crippen LogP contribution in [-0.2, 0) is 11.3 Å². The molecule has 0 radical (unpaired) electrons. The number of carbonyl (C=O) groups excluding carboxylic acids is 1. The molecule has 0 saturated carbocycles. The van der Waals surface area contributed by atoms with E-state index in [1.165, 1.54) is 17.6 Å². The van der Waals surface area contributed by atoms with Gasteiger partial charge >= 0.3 is 5.97 Å². The Balaban J connectivity index is 1.49. The van der Waals surface area contributed by atoms with Gasteiger partial charge in [-0.15, -0.1) is 21.5 Å². The van der Waals surface area contributed by atoms with E-state index in [1.807, 2.05) is 24.3 Å². The van der Waals surface area contributed by atoms with E-state index in [0.717, 1.165) is 10.1 Å². The van der Waals surface area contributed by atoms with Crippen molar-refractivity contribution in [2.75, 3.05) is 0 Å². The molecule has 4 aromatic rings. The molecule has 6 nitrogen and oxygen atoms in total. The van der Waals surface area contributed by atoms with Gasteiger partial charge in [-0.25, -0.2) is 4.79 Å². The molecule has 0 unspecified atom stereocenters. The molecule has 0 bridgehead atoms. The number of aromatic nitrogens is 2. The van der Waals surface area contributed by atoms with Crippen molar-refractivity contribution in [1.82, 2.24) is 10.2 Å². The molecule has 0 atom stereocenters. The average Bonchev–Trinajstić information content (AvgIpc) is 3.33. The van der Waals surface area contributed by atoms with Crippen molar-refractivity contribution in [2.24, 2.45) is 0 Å². The number of halogens is 1. The van der Waals surface area contributed by atoms with Crippen LogP contribution in [-0.4, -0.2) is 16.2 Å². The highest BCUT2D eigenvalue weighted by Crippen LogP contribution is 2.35. The Hall–Kier alpha value is -2.64. The summed E-state index contributed by atoms with van der Waals surface area (Å²) in [5.41, 5.74) is 0. The second kappa shape index (κ2) is 6.10. The van der Waals surface area contributed by atoms with E-state index < -0.39 is 5.97 Å². The van der Waals surface area contributed by atoms with Gasteiger partial charge in [0.2, 0.25) is 0 Å². The number of hydrogen-bond donors (Lipinski definition) is 0. The fourth-order valence-electron chi connectivity index (χ4n) is 2.15. The van der Waals surface area contributed by atoms with Crippen molar-refractivity contribution in [1.29, 1.82) is 0 Å². The van der Waals surface area contributed by atoms with Gasteiger partial charge < -0.3 is 13.6 Å². The van der Waals surface area contributed by atoms with Crippen LogP contribution in [0.2, 0.25) is 5.02 Å². The van der Waals surface area contributed by atoms with Crippen LogP contribution in [0, 0.1) is 0 Å². The lowest BCUT2D eigenvalue weighted by Crippen LogP contribution is -2.04. The summed E-state index contributed by atoms with van der Waals surface area (Å²) in [5, 5.41) is 8.87. The number of rotatable bonds is 4. The van der Waals surface area contributed by atoms with Crippen LogP contribution < -0.4 is 0 Å². The second-order valence-corrected chi connectivity index (χ2v) is 6.23. The molecule has 0 amide bonds. The highest BCUT2D eigenvalue weighted by molar-refractivity contribution is 7.21. The summed E-state index contributed by atoms with van der Waals surface area (Å²) in [6, 6.07) is 10.9. The first kappa shape index (κ1) is 14.9. The monoisotopic (exact) mass is 360 g/mol. The highest BCUT2D eigenvalue weighted by Gasteiger charge is 2.19. The SMILES string of the molecule is O=C(OCc1nnc(-c2ccco2)o1)c1sc2ccccc2c1Cl. The number of furan rings is 1. The van der Waals surface area contributed by atoms with Crippen LogP contribution in [0.15, 0.2) is 51.5 Å². The van der Waals surface area contributed by atoms with Gasteiger partial charge in [0.15, 0.2) is 12.4 Å². The fourth-order valence-corrected chi connectivity index (χ4v) is 3.55. The maximum absolute atomic E-state index is 12.2. The van der Waals surface area contributed by atoms with Gasteiger partial charge in [-0.1, -0.05) is 29.8 Å². The topological polar surface area (TPSA) is 78.4 Å². The Morgan fingerprint density at radius 1 is 1.21 bits per heavy atom. The Morgan fingerprint density at radius 3 is 2.88 bits per heavy atom. The summed E-state index contributed by atoms with van der Waals surface area (Å²) in [5.74, 6) is 0.324. The van der Waals surface area contributed by atoms with E-state index in [2.05, 4.69) is 10.2 Å². The first-order valence-corrected chi connectivity index (χ1v) is 8.12. The van der Waals surface area contributed by atoms with Gasteiger partial charge in [-0.2, -0.15) is 0 Å². The number of esters is 1. The number of nitrogens with zero attached hydrogens (tertiary/aromatic N) is 2. The maximum atomic E-state index is 12.2. The van der Waals surface area contributed by atoms with Gasteiger partial charge in [-0.05, 0) is 18.2 Å². The van der Waals surface area contributed by atoms with Crippen molar-refractivity contribution in [3.05, 3.63) is 58.5 Å². The van der Waals surface area contributed by atoms with Crippen LogP contribution in [0.1, 0.15) is 15.6 Å². The molecule has 0 aliphatic carbocycles. The zero-order valence-corrected chi connectivity index (χ0v) is 13.6. The molecule has 8 heteroatoms. The minimum absolute atomic E-state index is 0.142. The van der Waals surface area contributed by atoms with E-state index in [-0.39, 0.29) is 18.4 Å². The Labute approximate surface area is 144 Å². The van der Waals surface area contributed by atoms with Crippen LogP contribution in [0.3, 0.4) is 0 Å². The highest BCUT2D eigenvalue weighted by atomic mass is 35.5. The second-order valence-electron chi connectivity index (χ2n) is 4.80. The van der Waals surface area contributed by atoms with Gasteiger partial charge in [-0.3, -0.25) is 0 Å². The number of carbonyl (C=O) groups is 1. The van der Waals surface area contributed by atoms with Crippen LogP contribution >= 0.6 is 22.9 Å². The van der Waals surface area contributed by atoms with E-state index >= 15 is 0 Å². The van der Waals surface area contributed by atoms with Crippen LogP contribution in [0.4, 0.5) is 0 Å². The third-order valence-electron chi connectivity index (χ3n) is 3.25. The summed E-state index contributed by atoms with van der Waals surface area (Å²) < 4.78 is 16.7. The largest absolute Gasteiger partial charge is 0.459 e. The number of ether oxygens (including phenoxy) is 1. The standard InChI is InChI=1S/C16H9ClN2O4S/c17-13-9-4-1-2-6-11(9)24-14(13)16(20)22-8-12-18-19-15(23-12)10-5-3-7-21-10/h1-7H,8H2. The van der Waals surface area contributed by atoms with E-state index in [1.54, 1.807) is 12.1 Å². The van der Waals surface area contributed by atoms with Gasteiger partial charge in [0, 0.05) is 10.1 Å². The number of fused-ring (bicyclic) bond motifs is 1. The number of benzene rings is 1. The molecule has 0 spiro atoms. The first-order chi connectivity index (χ1) is 11.7. The molecule has 4 rings (SSSR count). The van der Waals surface area contributed by atoms with E-state index in [0.29, 0.717) is 15.7 Å². The van der Waals surface area contributed by atoms with Crippen molar-refractivity contribution >= 4 is 39.0 Å². The molecular weight excluding hydrogens is 352 g/mol. The third kappa shape index (κ3) is 2.68. The number of thiophene rings is 1. The molecule has 0 fully saturated rings. The molecule has 0 saturated heterocycles. The molecule has 0 aliphatic rings. The van der Waals surface area contributed by atoms with Crippen molar-refractivity contribution in [2.45, 2.75) is 6.61 Å². The fraction of sp³-hybridized carbons (Fsp3) is 0.0625. The lowest BCUT2D eigenvalue weighted by atomic mass is 10.2. The van der Waals surface area contributed by atoms with Crippen LogP contribution in [0.25, 0.3) is 21.7 Å². The van der Waals surface area contributed by atoms with Crippen molar-refractivity contribution in [3.63, 3.8) is 0 Å². The summed E-state index contributed by atoms with van der Waals surface area (Å²) in [4.78, 5) is 12.6. The normalized spacial score (nSPS) is 11.0. The maximum Gasteiger partial charge on any atom is 0.350 e. The average molecular weight is 361 g/mol. The Morgan fingerprint density at radius 2 is 2.08 bits per heavy atom. The lowest BCUT2D eigenvalue weighted by molar-refractivity contribution is 0.0444. The predicted molar refractivity (Wildman–Crippen MR) is 88.0 cm³/mol. The minimum Gasteiger partial charge on any atom is -0.459 e. The Bertz CT molecular complexity index is 1010. The minimum atomic E-state index is -0.529. The lowest BCUT2D eigenvalue weighted by Gasteiger charge is -1.99. The molecule has 24 heavy (non-hydrogen) atoms. The summed E-state index contributed by atoms with van der Waals surface area (Å²) in [6.45, 7) is -0.142. The third-order valence-corrected chi connectivity index (χ3v) is 4.90. The zero-order chi connectivity index (χ0) is 16.5. The van der Waals surface area contributed by atoms with Gasteiger partial charge in [0.1, 0.15) is 4.88 Å². The van der Waals surface area contributed by atoms with Gasteiger partial charge in [0.05, 0.1) is 11.3 Å².